The minimum atomic E-state index is -0.700. The first kappa shape index (κ1) is 15.0. The van der Waals surface area contributed by atoms with Gasteiger partial charge in [0.15, 0.2) is 0 Å². The van der Waals surface area contributed by atoms with Gasteiger partial charge in [-0.2, -0.15) is 0 Å². The Hall–Kier alpha value is -1.35. The molecule has 2 rings (SSSR count). The molecule has 0 amide bonds. The molecule has 0 aromatic heterocycles. The van der Waals surface area contributed by atoms with Gasteiger partial charge < -0.3 is 10.8 Å². The quantitative estimate of drug-likeness (QED) is 0.901. The van der Waals surface area contributed by atoms with E-state index in [9.17, 15) is 5.11 Å². The first-order valence-electron chi connectivity index (χ1n) is 6.75. The molecule has 0 aliphatic heterocycles. The van der Waals surface area contributed by atoms with Crippen LogP contribution in [0.2, 0.25) is 5.02 Å². The Morgan fingerprint density at radius 2 is 1.60 bits per heavy atom. The fraction of sp³-hybridized carbons (Fsp3) is 0.294. The van der Waals surface area contributed by atoms with Gasteiger partial charge in [0.05, 0.1) is 6.10 Å². The van der Waals surface area contributed by atoms with Gasteiger partial charge in [-0.15, -0.1) is 0 Å². The van der Waals surface area contributed by atoms with Gasteiger partial charge >= 0.3 is 0 Å². The molecule has 3 N–H and O–H groups in total. The van der Waals surface area contributed by atoms with E-state index in [0.29, 0.717) is 11.6 Å². The van der Waals surface area contributed by atoms with E-state index in [-0.39, 0.29) is 5.92 Å². The molecule has 2 atom stereocenters. The highest BCUT2D eigenvalue weighted by Crippen LogP contribution is 2.36. The summed E-state index contributed by atoms with van der Waals surface area (Å²) in [6.07, 6.45) is -0.700. The zero-order valence-corrected chi connectivity index (χ0v) is 12.6. The number of halogens is 1. The van der Waals surface area contributed by atoms with Gasteiger partial charge in [-0.25, -0.2) is 0 Å². The summed E-state index contributed by atoms with van der Waals surface area (Å²) in [6.45, 7) is 4.34. The van der Waals surface area contributed by atoms with E-state index in [1.54, 1.807) is 0 Å². The molecule has 0 aliphatic carbocycles. The molecule has 0 saturated heterocycles. The molecule has 106 valence electrons. The summed E-state index contributed by atoms with van der Waals surface area (Å²) in [4.78, 5) is 0. The molecule has 2 aromatic rings. The summed E-state index contributed by atoms with van der Waals surface area (Å²) in [5.74, 6) is -0.157. The fourth-order valence-corrected chi connectivity index (χ4v) is 2.78. The minimum Gasteiger partial charge on any atom is -0.388 e. The Balaban J connectivity index is 2.42. The average Bonchev–Trinajstić information content (AvgIpc) is 2.44. The Labute approximate surface area is 125 Å². The normalized spacial score (nSPS) is 14.1. The maximum absolute atomic E-state index is 10.7. The van der Waals surface area contributed by atoms with Crippen molar-refractivity contribution in [1.29, 1.82) is 0 Å². The molecule has 0 bridgehead atoms. The van der Waals surface area contributed by atoms with Crippen LogP contribution < -0.4 is 5.73 Å². The molecule has 0 spiro atoms. The number of aliphatic hydroxyl groups excluding tert-OH is 1. The molecule has 0 saturated carbocycles. The van der Waals surface area contributed by atoms with Gasteiger partial charge in [-0.05, 0) is 30.5 Å². The van der Waals surface area contributed by atoms with Crippen LogP contribution in [0.1, 0.15) is 34.3 Å². The van der Waals surface area contributed by atoms with Gasteiger partial charge in [-0.1, -0.05) is 54.1 Å². The fourth-order valence-electron chi connectivity index (χ4n) is 2.54. The van der Waals surface area contributed by atoms with Gasteiger partial charge in [0, 0.05) is 23.0 Å². The van der Waals surface area contributed by atoms with Crippen LogP contribution >= 0.6 is 11.6 Å². The number of benzene rings is 2. The van der Waals surface area contributed by atoms with Gasteiger partial charge in [0.2, 0.25) is 0 Å². The van der Waals surface area contributed by atoms with Crippen molar-refractivity contribution in [3.05, 3.63) is 69.7 Å². The van der Waals surface area contributed by atoms with Crippen molar-refractivity contribution in [2.24, 2.45) is 5.73 Å². The van der Waals surface area contributed by atoms with Crippen LogP contribution in [0.3, 0.4) is 0 Å². The summed E-state index contributed by atoms with van der Waals surface area (Å²) < 4.78 is 0. The second-order valence-corrected chi connectivity index (χ2v) is 5.50. The van der Waals surface area contributed by atoms with E-state index in [1.165, 1.54) is 0 Å². The topological polar surface area (TPSA) is 46.2 Å². The average molecular weight is 290 g/mol. The van der Waals surface area contributed by atoms with Crippen LogP contribution in [-0.4, -0.2) is 11.7 Å². The molecule has 0 aliphatic rings. The first-order valence-corrected chi connectivity index (χ1v) is 7.12. The van der Waals surface area contributed by atoms with Crippen LogP contribution in [0, 0.1) is 13.8 Å². The molecule has 0 radical (unpaired) electrons. The molecule has 2 aromatic carbocycles. The summed E-state index contributed by atoms with van der Waals surface area (Å²) in [5, 5.41) is 11.3. The van der Waals surface area contributed by atoms with Crippen LogP contribution in [0.15, 0.2) is 42.5 Å². The van der Waals surface area contributed by atoms with E-state index in [1.807, 2.05) is 56.3 Å². The lowest BCUT2D eigenvalue weighted by Gasteiger charge is -2.25. The van der Waals surface area contributed by atoms with Gasteiger partial charge in [0.1, 0.15) is 0 Å². The smallest absolute Gasteiger partial charge is 0.0885 e. The van der Waals surface area contributed by atoms with Crippen molar-refractivity contribution in [1.82, 2.24) is 0 Å². The molecular formula is C17H20ClNO. The highest BCUT2D eigenvalue weighted by Gasteiger charge is 2.24. The zero-order valence-electron chi connectivity index (χ0n) is 11.8. The van der Waals surface area contributed by atoms with Crippen molar-refractivity contribution in [2.45, 2.75) is 25.9 Å². The number of rotatable bonds is 4. The molecule has 2 unspecified atom stereocenters. The number of hydrogen-bond acceptors (Lipinski definition) is 2. The predicted molar refractivity (Wildman–Crippen MR) is 84.1 cm³/mol. The van der Waals surface area contributed by atoms with Crippen molar-refractivity contribution >= 4 is 11.6 Å². The highest BCUT2D eigenvalue weighted by molar-refractivity contribution is 6.32. The second-order valence-electron chi connectivity index (χ2n) is 5.12. The van der Waals surface area contributed by atoms with Crippen molar-refractivity contribution in [3.63, 3.8) is 0 Å². The van der Waals surface area contributed by atoms with Crippen LogP contribution in [0.25, 0.3) is 0 Å². The Bertz CT molecular complexity index is 597. The van der Waals surface area contributed by atoms with Gasteiger partial charge in [-0.3, -0.25) is 0 Å². The summed E-state index contributed by atoms with van der Waals surface area (Å²) >= 11 is 6.32. The van der Waals surface area contributed by atoms with E-state index < -0.39 is 6.10 Å². The first-order chi connectivity index (χ1) is 9.56. The lowest BCUT2D eigenvalue weighted by Crippen LogP contribution is -2.21. The SMILES string of the molecule is Cc1ccccc1C(CN)C(O)c1cccc(C)c1Cl. The predicted octanol–water partition coefficient (Wildman–Crippen LogP) is 3.73. The van der Waals surface area contributed by atoms with Gasteiger partial charge in [0.25, 0.3) is 0 Å². The van der Waals surface area contributed by atoms with E-state index in [4.69, 9.17) is 17.3 Å². The summed E-state index contributed by atoms with van der Waals surface area (Å²) in [6, 6.07) is 13.7. The standard InChI is InChI=1S/C17H20ClNO/c1-11-6-3-4-8-13(11)15(10-19)17(20)14-9-5-7-12(2)16(14)18/h3-9,15,17,20H,10,19H2,1-2H3. The third-order valence-electron chi connectivity index (χ3n) is 3.76. The summed E-state index contributed by atoms with van der Waals surface area (Å²) in [7, 11) is 0. The number of hydrogen-bond donors (Lipinski definition) is 2. The monoisotopic (exact) mass is 289 g/mol. The lowest BCUT2D eigenvalue weighted by molar-refractivity contribution is 0.147. The maximum atomic E-state index is 10.7. The van der Waals surface area contributed by atoms with Crippen LogP contribution in [0.4, 0.5) is 0 Å². The van der Waals surface area contributed by atoms with Crippen LogP contribution in [0.5, 0.6) is 0 Å². The molecule has 3 heteroatoms. The Morgan fingerprint density at radius 3 is 2.25 bits per heavy atom. The third-order valence-corrected chi connectivity index (χ3v) is 4.28. The largest absolute Gasteiger partial charge is 0.388 e. The van der Waals surface area contributed by atoms with E-state index in [2.05, 4.69) is 0 Å². The number of aryl methyl sites for hydroxylation is 2. The number of aliphatic hydroxyl groups is 1. The van der Waals surface area contributed by atoms with E-state index >= 15 is 0 Å². The second kappa shape index (κ2) is 6.40. The molecule has 20 heavy (non-hydrogen) atoms. The van der Waals surface area contributed by atoms with Crippen molar-refractivity contribution < 1.29 is 5.11 Å². The molecule has 2 nitrogen and oxygen atoms in total. The summed E-state index contributed by atoms with van der Waals surface area (Å²) in [5.41, 5.74) is 9.80. The maximum Gasteiger partial charge on any atom is 0.0885 e. The molecule has 0 heterocycles. The van der Waals surface area contributed by atoms with Crippen molar-refractivity contribution in [3.8, 4) is 0 Å². The Morgan fingerprint density at radius 1 is 1.00 bits per heavy atom. The van der Waals surface area contributed by atoms with E-state index in [0.717, 1.165) is 22.3 Å². The molecular weight excluding hydrogens is 270 g/mol. The van der Waals surface area contributed by atoms with Crippen molar-refractivity contribution in [2.75, 3.05) is 6.54 Å². The zero-order chi connectivity index (χ0) is 14.7. The molecule has 0 fully saturated rings. The van der Waals surface area contributed by atoms with Crippen LogP contribution in [-0.2, 0) is 0 Å². The lowest BCUT2D eigenvalue weighted by atomic mass is 9.86. The Kier molecular flexibility index (Phi) is 4.81. The third kappa shape index (κ3) is 2.88. The number of nitrogens with two attached hydrogens (primary N) is 1. The highest BCUT2D eigenvalue weighted by atomic mass is 35.5. The minimum absolute atomic E-state index is 0.157.